The Labute approximate surface area is 187 Å². The van der Waals surface area contributed by atoms with Gasteiger partial charge in [0.15, 0.2) is 0 Å². The molecular weight excluding hydrogens is 404 g/mol. The molecule has 0 saturated carbocycles. The molecule has 2 aromatic carbocycles. The molecule has 0 fully saturated rings. The van der Waals surface area contributed by atoms with Crippen molar-refractivity contribution in [2.45, 2.75) is 25.9 Å². The molecule has 0 saturated heterocycles. The first kappa shape index (κ1) is 20.3. The molecule has 32 heavy (non-hydrogen) atoms. The summed E-state index contributed by atoms with van der Waals surface area (Å²) >= 11 is 0. The van der Waals surface area contributed by atoms with Gasteiger partial charge in [-0.15, -0.1) is 0 Å². The van der Waals surface area contributed by atoms with Crippen LogP contribution >= 0.6 is 0 Å². The summed E-state index contributed by atoms with van der Waals surface area (Å²) in [6.45, 7) is 3.48. The number of carbonyl (C=O) groups is 3. The molecule has 0 aromatic heterocycles. The van der Waals surface area contributed by atoms with Crippen LogP contribution in [-0.4, -0.2) is 59.2 Å². The topological polar surface area (TPSA) is 73.0 Å². The third-order valence-electron chi connectivity index (χ3n) is 6.66. The summed E-state index contributed by atoms with van der Waals surface area (Å²) in [5.74, 6) is -0.260. The number of likely N-dealkylation sites (N-methyl/N-ethyl adjacent to an activating group) is 1. The van der Waals surface area contributed by atoms with Crippen LogP contribution in [-0.2, 0) is 22.6 Å². The van der Waals surface area contributed by atoms with Gasteiger partial charge in [0.2, 0.25) is 5.91 Å². The number of hydrogen-bond acceptors (Lipinski definition) is 3. The minimum atomic E-state index is -0.510. The van der Waals surface area contributed by atoms with Gasteiger partial charge < -0.3 is 15.1 Å². The highest BCUT2D eigenvalue weighted by Crippen LogP contribution is 2.35. The molecule has 1 atom stereocenters. The lowest BCUT2D eigenvalue weighted by Gasteiger charge is -2.31. The second-order valence-electron chi connectivity index (χ2n) is 8.71. The van der Waals surface area contributed by atoms with Crippen LogP contribution in [0.2, 0.25) is 0 Å². The van der Waals surface area contributed by atoms with E-state index in [0.717, 1.165) is 23.1 Å². The summed E-state index contributed by atoms with van der Waals surface area (Å²) in [6.07, 6.45) is 0.821. The van der Waals surface area contributed by atoms with Gasteiger partial charge in [0.25, 0.3) is 5.91 Å². The van der Waals surface area contributed by atoms with Gasteiger partial charge in [0.05, 0.1) is 23.9 Å². The van der Waals surface area contributed by atoms with E-state index in [1.54, 1.807) is 11.9 Å². The second kappa shape index (κ2) is 7.82. The van der Waals surface area contributed by atoms with E-state index in [2.05, 4.69) is 17.4 Å². The van der Waals surface area contributed by atoms with Gasteiger partial charge in [-0.2, -0.15) is 0 Å². The van der Waals surface area contributed by atoms with Crippen LogP contribution in [0.25, 0.3) is 0 Å². The first-order valence-electron chi connectivity index (χ1n) is 10.9. The first-order valence-corrected chi connectivity index (χ1v) is 10.9. The van der Waals surface area contributed by atoms with Crippen molar-refractivity contribution >= 4 is 17.8 Å². The Morgan fingerprint density at radius 1 is 1.03 bits per heavy atom. The molecule has 0 bridgehead atoms. The molecule has 4 amide bonds. The zero-order chi connectivity index (χ0) is 22.4. The van der Waals surface area contributed by atoms with Crippen LogP contribution in [0.3, 0.4) is 0 Å². The molecule has 2 aromatic rings. The predicted octanol–water partition coefficient (Wildman–Crippen LogP) is 2.37. The zero-order valence-corrected chi connectivity index (χ0v) is 18.3. The highest BCUT2D eigenvalue weighted by Gasteiger charge is 2.43. The van der Waals surface area contributed by atoms with Crippen molar-refractivity contribution in [1.29, 1.82) is 0 Å². The molecule has 0 aliphatic carbocycles. The molecular formula is C25H26N4O3. The van der Waals surface area contributed by atoms with Crippen molar-refractivity contribution < 1.29 is 14.4 Å². The first-order chi connectivity index (χ1) is 15.4. The van der Waals surface area contributed by atoms with Gasteiger partial charge in [-0.1, -0.05) is 54.1 Å². The number of rotatable bonds is 3. The number of carbonyl (C=O) groups excluding carboxylic acids is 3. The Balaban J connectivity index is 1.35. The van der Waals surface area contributed by atoms with E-state index < -0.39 is 6.04 Å². The van der Waals surface area contributed by atoms with Crippen molar-refractivity contribution in [1.82, 2.24) is 20.0 Å². The summed E-state index contributed by atoms with van der Waals surface area (Å²) in [6, 6.07) is 15.2. The van der Waals surface area contributed by atoms with E-state index in [0.29, 0.717) is 24.4 Å². The molecule has 5 rings (SSSR count). The summed E-state index contributed by atoms with van der Waals surface area (Å²) < 4.78 is 0. The summed E-state index contributed by atoms with van der Waals surface area (Å²) in [5.41, 5.74) is 5.62. The number of hydrogen-bond donors (Lipinski definition) is 1. The Morgan fingerprint density at radius 3 is 2.50 bits per heavy atom. The van der Waals surface area contributed by atoms with Gasteiger partial charge >= 0.3 is 6.03 Å². The second-order valence-corrected chi connectivity index (χ2v) is 8.71. The van der Waals surface area contributed by atoms with Gasteiger partial charge in [0, 0.05) is 20.1 Å². The lowest BCUT2D eigenvalue weighted by atomic mass is 9.95. The molecule has 7 heteroatoms. The number of urea groups is 1. The lowest BCUT2D eigenvalue weighted by Crippen LogP contribution is -2.45. The van der Waals surface area contributed by atoms with Crippen molar-refractivity contribution in [3.8, 4) is 0 Å². The van der Waals surface area contributed by atoms with E-state index >= 15 is 0 Å². The largest absolute Gasteiger partial charge is 0.336 e. The van der Waals surface area contributed by atoms with E-state index in [1.807, 2.05) is 48.2 Å². The number of fused-ring (bicyclic) bond motifs is 1. The summed E-state index contributed by atoms with van der Waals surface area (Å²) in [7, 11) is 1.66. The van der Waals surface area contributed by atoms with Crippen LogP contribution in [0, 0.1) is 6.92 Å². The monoisotopic (exact) mass is 430 g/mol. The number of aryl methyl sites for hydroxylation is 1. The lowest BCUT2D eigenvalue weighted by molar-refractivity contribution is -0.138. The minimum Gasteiger partial charge on any atom is -0.336 e. The third kappa shape index (κ3) is 3.43. The molecule has 1 N–H and O–H groups in total. The molecule has 164 valence electrons. The van der Waals surface area contributed by atoms with Gasteiger partial charge in [0.1, 0.15) is 6.54 Å². The van der Waals surface area contributed by atoms with Crippen molar-refractivity contribution in [3.05, 3.63) is 82.1 Å². The van der Waals surface area contributed by atoms with Crippen LogP contribution in [0.15, 0.2) is 59.8 Å². The van der Waals surface area contributed by atoms with Crippen LogP contribution in [0.5, 0.6) is 0 Å². The van der Waals surface area contributed by atoms with Crippen LogP contribution in [0.4, 0.5) is 4.79 Å². The summed E-state index contributed by atoms with van der Waals surface area (Å²) in [4.78, 5) is 43.9. The van der Waals surface area contributed by atoms with Crippen LogP contribution < -0.4 is 5.32 Å². The maximum absolute atomic E-state index is 13.4. The Morgan fingerprint density at radius 2 is 1.75 bits per heavy atom. The molecule has 7 nitrogen and oxygen atoms in total. The SMILES string of the molecule is Cc1ccc(C2NC(=O)N(C)C3=C2C(=O)N(CC(=O)N2CCc4ccccc4C2)C3)cc1. The molecule has 3 heterocycles. The average molecular weight is 431 g/mol. The number of benzene rings is 2. The fourth-order valence-corrected chi connectivity index (χ4v) is 4.73. The molecule has 1 unspecified atom stereocenters. The highest BCUT2D eigenvalue weighted by atomic mass is 16.2. The van der Waals surface area contributed by atoms with Crippen LogP contribution in [0.1, 0.15) is 28.3 Å². The van der Waals surface area contributed by atoms with E-state index in [-0.39, 0.29) is 30.9 Å². The summed E-state index contributed by atoms with van der Waals surface area (Å²) in [5, 5.41) is 2.94. The highest BCUT2D eigenvalue weighted by molar-refractivity contribution is 6.03. The fraction of sp³-hybridized carbons (Fsp3) is 0.320. The van der Waals surface area contributed by atoms with Crippen molar-refractivity contribution in [2.24, 2.45) is 0 Å². The Hall–Kier alpha value is -3.61. The number of amides is 4. The zero-order valence-electron chi connectivity index (χ0n) is 18.3. The number of nitrogens with one attached hydrogen (secondary N) is 1. The van der Waals surface area contributed by atoms with Gasteiger partial charge in [-0.3, -0.25) is 14.5 Å². The van der Waals surface area contributed by atoms with E-state index in [4.69, 9.17) is 0 Å². The standard InChI is InChI=1S/C25H26N4O3/c1-16-7-9-18(10-8-16)23-22-20(27(2)25(32)26-23)14-29(24(22)31)15-21(30)28-12-11-17-5-3-4-6-19(17)13-28/h3-10,23H,11-15H2,1-2H3,(H,26,32). The van der Waals surface area contributed by atoms with E-state index in [1.165, 1.54) is 10.5 Å². The van der Waals surface area contributed by atoms with E-state index in [9.17, 15) is 14.4 Å². The number of nitrogens with zero attached hydrogens (tertiary/aromatic N) is 3. The maximum atomic E-state index is 13.4. The van der Waals surface area contributed by atoms with Crippen molar-refractivity contribution in [3.63, 3.8) is 0 Å². The molecule has 3 aliphatic rings. The van der Waals surface area contributed by atoms with Gasteiger partial charge in [-0.25, -0.2) is 4.79 Å². The molecule has 0 radical (unpaired) electrons. The molecule has 0 spiro atoms. The average Bonchev–Trinajstić information content (AvgIpc) is 3.12. The normalized spacial score (nSPS) is 20.3. The molecule has 3 aliphatic heterocycles. The quantitative estimate of drug-likeness (QED) is 0.813. The Kier molecular flexibility index (Phi) is 4.96. The minimum absolute atomic E-state index is 0.0106. The van der Waals surface area contributed by atoms with Crippen molar-refractivity contribution in [2.75, 3.05) is 26.7 Å². The maximum Gasteiger partial charge on any atom is 0.322 e. The third-order valence-corrected chi connectivity index (χ3v) is 6.66. The predicted molar refractivity (Wildman–Crippen MR) is 119 cm³/mol. The Bertz CT molecular complexity index is 1140. The fourth-order valence-electron chi connectivity index (χ4n) is 4.73. The van der Waals surface area contributed by atoms with Gasteiger partial charge in [-0.05, 0) is 30.0 Å². The smallest absolute Gasteiger partial charge is 0.322 e.